The summed E-state index contributed by atoms with van der Waals surface area (Å²) < 4.78 is 5.06. The molecule has 2 aromatic rings. The molecule has 0 aliphatic rings. The highest BCUT2D eigenvalue weighted by Gasteiger charge is 2.06. The van der Waals surface area contributed by atoms with Gasteiger partial charge in [0.1, 0.15) is 0 Å². The highest BCUT2D eigenvalue weighted by Crippen LogP contribution is 2.13. The minimum absolute atomic E-state index is 0.290. The Morgan fingerprint density at radius 3 is 3.00 bits per heavy atom. The Morgan fingerprint density at radius 1 is 1.44 bits per heavy atom. The third-order valence-corrected chi connectivity index (χ3v) is 2.76. The van der Waals surface area contributed by atoms with Crippen molar-refractivity contribution < 1.29 is 4.42 Å². The quantitative estimate of drug-likeness (QED) is 0.854. The van der Waals surface area contributed by atoms with Crippen LogP contribution >= 0.6 is 0 Å². The molecule has 0 saturated heterocycles. The molecule has 2 aromatic heterocycles. The number of furan rings is 1. The zero-order valence-electron chi connectivity index (χ0n) is 9.60. The highest BCUT2D eigenvalue weighted by molar-refractivity contribution is 5.18. The zero-order valence-corrected chi connectivity index (χ0v) is 9.60. The molecule has 0 amide bonds. The van der Waals surface area contributed by atoms with Crippen molar-refractivity contribution >= 4 is 0 Å². The third kappa shape index (κ3) is 2.49. The van der Waals surface area contributed by atoms with Crippen LogP contribution in [0.15, 0.2) is 41.3 Å². The van der Waals surface area contributed by atoms with Gasteiger partial charge in [-0.15, -0.1) is 0 Å². The van der Waals surface area contributed by atoms with Crippen LogP contribution in [-0.4, -0.2) is 4.98 Å². The third-order valence-electron chi connectivity index (χ3n) is 2.76. The van der Waals surface area contributed by atoms with E-state index in [9.17, 15) is 0 Å². The van der Waals surface area contributed by atoms with Crippen LogP contribution in [0.3, 0.4) is 0 Å². The van der Waals surface area contributed by atoms with Gasteiger partial charge in [-0.1, -0.05) is 6.07 Å². The van der Waals surface area contributed by atoms with Crippen LogP contribution < -0.4 is 5.32 Å². The molecule has 0 fully saturated rings. The summed E-state index contributed by atoms with van der Waals surface area (Å²) in [5.74, 6) is 0. The van der Waals surface area contributed by atoms with Crippen molar-refractivity contribution in [1.82, 2.24) is 10.3 Å². The number of nitrogens with zero attached hydrogens (tertiary/aromatic N) is 1. The SMILES string of the molecule is Cc1ncccc1CNC(C)c1ccoc1. The lowest BCUT2D eigenvalue weighted by atomic mass is 10.1. The van der Waals surface area contributed by atoms with Gasteiger partial charge in [0, 0.05) is 30.0 Å². The second kappa shape index (κ2) is 4.94. The van der Waals surface area contributed by atoms with Crippen molar-refractivity contribution in [3.63, 3.8) is 0 Å². The molecule has 0 bridgehead atoms. The van der Waals surface area contributed by atoms with Crippen LogP contribution in [0.4, 0.5) is 0 Å². The van der Waals surface area contributed by atoms with Gasteiger partial charge in [0.05, 0.1) is 12.5 Å². The number of hydrogen-bond donors (Lipinski definition) is 1. The number of pyridine rings is 1. The summed E-state index contributed by atoms with van der Waals surface area (Å²) in [7, 11) is 0. The Balaban J connectivity index is 1.95. The van der Waals surface area contributed by atoms with Crippen molar-refractivity contribution in [2.75, 3.05) is 0 Å². The van der Waals surface area contributed by atoms with E-state index in [-0.39, 0.29) is 0 Å². The van der Waals surface area contributed by atoms with Crippen molar-refractivity contribution in [2.45, 2.75) is 26.4 Å². The molecule has 1 N–H and O–H groups in total. The summed E-state index contributed by atoms with van der Waals surface area (Å²) in [6.45, 7) is 4.97. The molecular formula is C13H16N2O. The molecule has 0 aliphatic carbocycles. The fourth-order valence-corrected chi connectivity index (χ4v) is 1.61. The number of aromatic nitrogens is 1. The molecule has 0 radical (unpaired) electrons. The molecule has 0 saturated carbocycles. The lowest BCUT2D eigenvalue weighted by Crippen LogP contribution is -2.18. The monoisotopic (exact) mass is 216 g/mol. The first-order valence-electron chi connectivity index (χ1n) is 5.43. The molecule has 2 heterocycles. The van der Waals surface area contributed by atoms with Crippen LogP contribution in [0.25, 0.3) is 0 Å². The van der Waals surface area contributed by atoms with E-state index in [4.69, 9.17) is 4.42 Å². The smallest absolute Gasteiger partial charge is 0.0950 e. The molecule has 3 heteroatoms. The first-order valence-corrected chi connectivity index (χ1v) is 5.43. The zero-order chi connectivity index (χ0) is 11.4. The topological polar surface area (TPSA) is 38.1 Å². The largest absolute Gasteiger partial charge is 0.472 e. The fourth-order valence-electron chi connectivity index (χ4n) is 1.61. The fraction of sp³-hybridized carbons (Fsp3) is 0.308. The van der Waals surface area contributed by atoms with Crippen LogP contribution in [0, 0.1) is 6.92 Å². The lowest BCUT2D eigenvalue weighted by Gasteiger charge is -2.12. The van der Waals surface area contributed by atoms with E-state index in [1.54, 1.807) is 12.5 Å². The average molecular weight is 216 g/mol. The number of hydrogen-bond acceptors (Lipinski definition) is 3. The molecule has 0 spiro atoms. The van der Waals surface area contributed by atoms with Crippen molar-refractivity contribution in [2.24, 2.45) is 0 Å². The van der Waals surface area contributed by atoms with Crippen LogP contribution in [-0.2, 0) is 6.54 Å². The van der Waals surface area contributed by atoms with Gasteiger partial charge in [-0.05, 0) is 31.5 Å². The summed E-state index contributed by atoms with van der Waals surface area (Å²) in [6.07, 6.45) is 5.29. The van der Waals surface area contributed by atoms with Gasteiger partial charge in [-0.2, -0.15) is 0 Å². The van der Waals surface area contributed by atoms with Crippen molar-refractivity contribution in [1.29, 1.82) is 0 Å². The highest BCUT2D eigenvalue weighted by atomic mass is 16.3. The first kappa shape index (κ1) is 10.9. The normalized spacial score (nSPS) is 12.6. The van der Waals surface area contributed by atoms with Gasteiger partial charge >= 0.3 is 0 Å². The molecule has 3 nitrogen and oxygen atoms in total. The predicted molar refractivity (Wildman–Crippen MR) is 62.9 cm³/mol. The maximum absolute atomic E-state index is 5.06. The minimum Gasteiger partial charge on any atom is -0.472 e. The molecule has 16 heavy (non-hydrogen) atoms. The molecule has 84 valence electrons. The van der Waals surface area contributed by atoms with Crippen LogP contribution in [0.2, 0.25) is 0 Å². The maximum atomic E-state index is 5.06. The van der Waals surface area contributed by atoms with Crippen LogP contribution in [0.1, 0.15) is 29.8 Å². The first-order chi connectivity index (χ1) is 7.77. The lowest BCUT2D eigenvalue weighted by molar-refractivity contribution is 0.537. The van der Waals surface area contributed by atoms with Crippen LogP contribution in [0.5, 0.6) is 0 Å². The second-order valence-electron chi connectivity index (χ2n) is 3.91. The Morgan fingerprint density at radius 2 is 2.31 bits per heavy atom. The second-order valence-corrected chi connectivity index (χ2v) is 3.91. The number of nitrogens with one attached hydrogen (secondary N) is 1. The molecule has 0 aromatic carbocycles. The molecule has 1 atom stereocenters. The van der Waals surface area contributed by atoms with Crippen molar-refractivity contribution in [3.8, 4) is 0 Å². The summed E-state index contributed by atoms with van der Waals surface area (Å²) in [4.78, 5) is 4.26. The molecule has 1 unspecified atom stereocenters. The van der Waals surface area contributed by atoms with Gasteiger partial charge in [0.25, 0.3) is 0 Å². The minimum atomic E-state index is 0.290. The van der Waals surface area contributed by atoms with E-state index in [2.05, 4.69) is 23.3 Å². The summed E-state index contributed by atoms with van der Waals surface area (Å²) in [5.41, 5.74) is 3.48. The Bertz CT molecular complexity index is 437. The molecule has 2 rings (SSSR count). The van der Waals surface area contributed by atoms with Crippen molar-refractivity contribution in [3.05, 3.63) is 53.7 Å². The van der Waals surface area contributed by atoms with Gasteiger partial charge in [-0.25, -0.2) is 0 Å². The van der Waals surface area contributed by atoms with E-state index in [1.807, 2.05) is 25.3 Å². The molecular weight excluding hydrogens is 200 g/mol. The number of aryl methyl sites for hydroxylation is 1. The Kier molecular flexibility index (Phi) is 3.37. The van der Waals surface area contributed by atoms with Gasteiger partial charge < -0.3 is 9.73 Å². The number of rotatable bonds is 4. The van der Waals surface area contributed by atoms with E-state index in [0.717, 1.165) is 12.2 Å². The van der Waals surface area contributed by atoms with E-state index in [0.29, 0.717) is 6.04 Å². The Hall–Kier alpha value is -1.61. The maximum Gasteiger partial charge on any atom is 0.0950 e. The standard InChI is InChI=1S/C13H16N2O/c1-10-12(4-3-6-14-10)8-15-11(2)13-5-7-16-9-13/h3-7,9,11,15H,8H2,1-2H3. The summed E-state index contributed by atoms with van der Waals surface area (Å²) in [6, 6.07) is 6.33. The predicted octanol–water partition coefficient (Wildman–Crippen LogP) is 2.83. The van der Waals surface area contributed by atoms with E-state index in [1.165, 1.54) is 11.1 Å². The average Bonchev–Trinajstić information content (AvgIpc) is 2.81. The van der Waals surface area contributed by atoms with Gasteiger partial charge in [0.2, 0.25) is 0 Å². The van der Waals surface area contributed by atoms with Gasteiger partial charge in [0.15, 0.2) is 0 Å². The summed E-state index contributed by atoms with van der Waals surface area (Å²) >= 11 is 0. The Labute approximate surface area is 95.5 Å². The van der Waals surface area contributed by atoms with Gasteiger partial charge in [-0.3, -0.25) is 4.98 Å². The van der Waals surface area contributed by atoms with E-state index >= 15 is 0 Å². The van der Waals surface area contributed by atoms with E-state index < -0.39 is 0 Å². The molecule has 0 aliphatic heterocycles. The summed E-state index contributed by atoms with van der Waals surface area (Å²) in [5, 5.41) is 3.44.